The minimum absolute atomic E-state index is 0.00719. The van der Waals surface area contributed by atoms with Crippen LogP contribution in [0.1, 0.15) is 24.0 Å². The molecule has 0 bridgehead atoms. The smallest absolute Gasteiger partial charge is 0.265 e. The van der Waals surface area contributed by atoms with E-state index in [-0.39, 0.29) is 24.8 Å². The fourth-order valence-electron chi connectivity index (χ4n) is 3.70. The van der Waals surface area contributed by atoms with Crippen LogP contribution in [-0.4, -0.2) is 38.1 Å². The molecule has 2 aromatic rings. The number of carbonyl (C=O) groups is 2. The number of fused-ring (bicyclic) bond motifs is 2. The van der Waals surface area contributed by atoms with Gasteiger partial charge in [0, 0.05) is 13.0 Å². The van der Waals surface area contributed by atoms with Crippen molar-refractivity contribution >= 4 is 17.5 Å². The van der Waals surface area contributed by atoms with Gasteiger partial charge < -0.3 is 19.7 Å². The van der Waals surface area contributed by atoms with Crippen LogP contribution >= 0.6 is 0 Å². The molecule has 0 radical (unpaired) electrons. The zero-order chi connectivity index (χ0) is 19.3. The molecule has 2 aromatic carbocycles. The van der Waals surface area contributed by atoms with Crippen LogP contribution in [0.25, 0.3) is 0 Å². The molecule has 1 N–H and O–H groups in total. The van der Waals surface area contributed by atoms with E-state index in [2.05, 4.69) is 17.4 Å². The summed E-state index contributed by atoms with van der Waals surface area (Å²) in [6.45, 7) is 1.19. The molecule has 28 heavy (non-hydrogen) atoms. The molecule has 146 valence electrons. The first kappa shape index (κ1) is 18.3. The summed E-state index contributed by atoms with van der Waals surface area (Å²) in [5, 5.41) is 2.85. The van der Waals surface area contributed by atoms with E-state index in [1.54, 1.807) is 4.90 Å². The number of nitrogens with zero attached hydrogens (tertiary/aromatic N) is 1. The number of anilines is 1. The van der Waals surface area contributed by atoms with Gasteiger partial charge in [-0.1, -0.05) is 18.2 Å². The van der Waals surface area contributed by atoms with Crippen molar-refractivity contribution in [1.82, 2.24) is 5.32 Å². The molecule has 0 spiro atoms. The third kappa shape index (κ3) is 4.11. The Morgan fingerprint density at radius 3 is 2.93 bits per heavy atom. The molecule has 0 aromatic heterocycles. The van der Waals surface area contributed by atoms with Gasteiger partial charge in [0.25, 0.3) is 5.91 Å². The largest absolute Gasteiger partial charge is 0.492 e. The Hall–Kier alpha value is -3.02. The van der Waals surface area contributed by atoms with Crippen LogP contribution in [0.3, 0.4) is 0 Å². The van der Waals surface area contributed by atoms with Crippen molar-refractivity contribution in [3.05, 3.63) is 53.6 Å². The van der Waals surface area contributed by atoms with E-state index in [1.807, 2.05) is 30.3 Å². The van der Waals surface area contributed by atoms with Gasteiger partial charge in [-0.05, 0) is 54.7 Å². The Kier molecular flexibility index (Phi) is 5.46. The molecule has 1 aliphatic heterocycles. The van der Waals surface area contributed by atoms with E-state index < -0.39 is 0 Å². The summed E-state index contributed by atoms with van der Waals surface area (Å²) in [5.41, 5.74) is 3.50. The lowest BCUT2D eigenvalue weighted by Crippen LogP contribution is -2.41. The van der Waals surface area contributed by atoms with Gasteiger partial charge in [0.1, 0.15) is 18.1 Å². The minimum Gasteiger partial charge on any atom is -0.492 e. The third-order valence-corrected chi connectivity index (χ3v) is 5.13. The summed E-state index contributed by atoms with van der Waals surface area (Å²) in [6, 6.07) is 13.6. The number of aryl methyl sites for hydroxylation is 2. The van der Waals surface area contributed by atoms with Crippen molar-refractivity contribution in [3.8, 4) is 11.5 Å². The fraction of sp³-hybridized carbons (Fsp3) is 0.364. The molecule has 0 atom stereocenters. The van der Waals surface area contributed by atoms with Gasteiger partial charge in [0.05, 0.1) is 12.2 Å². The van der Waals surface area contributed by atoms with Crippen molar-refractivity contribution in [2.75, 3.05) is 31.2 Å². The SMILES string of the molecule is O=C(CCN1C(=O)COc2ccccc21)NCCOc1ccc2c(c1)CCC2. The maximum absolute atomic E-state index is 12.1. The number of para-hydroxylation sites is 2. The Morgan fingerprint density at radius 1 is 1.14 bits per heavy atom. The highest BCUT2D eigenvalue weighted by Gasteiger charge is 2.25. The van der Waals surface area contributed by atoms with E-state index in [9.17, 15) is 9.59 Å². The number of hydrogen-bond donors (Lipinski definition) is 1. The summed E-state index contributed by atoms with van der Waals surface area (Å²) >= 11 is 0. The lowest BCUT2D eigenvalue weighted by atomic mass is 10.1. The Labute approximate surface area is 164 Å². The van der Waals surface area contributed by atoms with E-state index in [4.69, 9.17) is 9.47 Å². The second-order valence-electron chi connectivity index (χ2n) is 7.03. The minimum atomic E-state index is -0.133. The number of nitrogens with one attached hydrogen (secondary N) is 1. The lowest BCUT2D eigenvalue weighted by Gasteiger charge is -2.29. The number of carbonyl (C=O) groups excluding carboxylic acids is 2. The van der Waals surface area contributed by atoms with Crippen molar-refractivity contribution < 1.29 is 19.1 Å². The Bertz CT molecular complexity index is 881. The molecule has 2 amide bonds. The zero-order valence-electron chi connectivity index (χ0n) is 15.8. The fourth-order valence-corrected chi connectivity index (χ4v) is 3.70. The van der Waals surface area contributed by atoms with Crippen molar-refractivity contribution in [1.29, 1.82) is 0 Å². The van der Waals surface area contributed by atoms with Gasteiger partial charge in [-0.3, -0.25) is 9.59 Å². The average Bonchev–Trinajstić information content (AvgIpc) is 3.18. The molecule has 0 fully saturated rings. The van der Waals surface area contributed by atoms with Gasteiger partial charge in [-0.2, -0.15) is 0 Å². The predicted octanol–water partition coefficient (Wildman–Crippen LogP) is 2.49. The van der Waals surface area contributed by atoms with E-state index in [0.717, 1.165) is 18.6 Å². The first-order valence-electron chi connectivity index (χ1n) is 9.74. The highest BCUT2D eigenvalue weighted by atomic mass is 16.5. The predicted molar refractivity (Wildman–Crippen MR) is 106 cm³/mol. The third-order valence-electron chi connectivity index (χ3n) is 5.13. The van der Waals surface area contributed by atoms with Crippen LogP contribution in [0.2, 0.25) is 0 Å². The summed E-state index contributed by atoms with van der Waals surface area (Å²) in [6.07, 6.45) is 3.72. The van der Waals surface area contributed by atoms with Crippen molar-refractivity contribution in [3.63, 3.8) is 0 Å². The second kappa shape index (κ2) is 8.33. The van der Waals surface area contributed by atoms with Crippen LogP contribution in [0.15, 0.2) is 42.5 Å². The number of hydrogen-bond acceptors (Lipinski definition) is 4. The molecule has 1 aliphatic carbocycles. The van der Waals surface area contributed by atoms with Gasteiger partial charge in [-0.15, -0.1) is 0 Å². The zero-order valence-corrected chi connectivity index (χ0v) is 15.8. The van der Waals surface area contributed by atoms with E-state index in [1.165, 1.54) is 17.5 Å². The van der Waals surface area contributed by atoms with Gasteiger partial charge in [-0.25, -0.2) is 0 Å². The Balaban J connectivity index is 1.21. The van der Waals surface area contributed by atoms with Gasteiger partial charge in [0.2, 0.25) is 5.91 Å². The van der Waals surface area contributed by atoms with Crippen LogP contribution in [0.4, 0.5) is 5.69 Å². The number of amides is 2. The molecule has 0 unspecified atom stereocenters. The molecular weight excluding hydrogens is 356 g/mol. The molecule has 1 heterocycles. The monoisotopic (exact) mass is 380 g/mol. The summed E-state index contributed by atoms with van der Waals surface area (Å²) in [4.78, 5) is 25.9. The number of rotatable bonds is 7. The van der Waals surface area contributed by atoms with Crippen LogP contribution in [-0.2, 0) is 22.4 Å². The van der Waals surface area contributed by atoms with Crippen LogP contribution in [0.5, 0.6) is 11.5 Å². The normalized spacial score (nSPS) is 14.9. The number of ether oxygens (including phenoxy) is 2. The summed E-state index contributed by atoms with van der Waals surface area (Å²) < 4.78 is 11.2. The quantitative estimate of drug-likeness (QED) is 0.750. The molecule has 4 rings (SSSR count). The first-order chi connectivity index (χ1) is 13.7. The average molecular weight is 380 g/mol. The van der Waals surface area contributed by atoms with Crippen molar-refractivity contribution in [2.45, 2.75) is 25.7 Å². The molecular formula is C22H24N2O4. The summed E-state index contributed by atoms with van der Waals surface area (Å²) in [7, 11) is 0. The van der Waals surface area contributed by atoms with Crippen LogP contribution < -0.4 is 19.7 Å². The molecule has 0 saturated heterocycles. The standard InChI is InChI=1S/C22H24N2O4/c25-21(10-12-24-19-6-1-2-7-20(19)28-15-22(24)26)23-11-13-27-18-9-8-16-4-3-5-17(16)14-18/h1-2,6-9,14H,3-5,10-13,15H2,(H,23,25). The van der Waals surface area contributed by atoms with Crippen LogP contribution in [0, 0.1) is 0 Å². The lowest BCUT2D eigenvalue weighted by molar-refractivity contribution is -0.122. The molecule has 0 saturated carbocycles. The highest BCUT2D eigenvalue weighted by Crippen LogP contribution is 2.31. The van der Waals surface area contributed by atoms with E-state index >= 15 is 0 Å². The topological polar surface area (TPSA) is 67.9 Å². The molecule has 6 nitrogen and oxygen atoms in total. The highest BCUT2D eigenvalue weighted by molar-refractivity contribution is 5.98. The first-order valence-corrected chi connectivity index (χ1v) is 9.74. The maximum atomic E-state index is 12.1. The van der Waals surface area contributed by atoms with Gasteiger partial charge >= 0.3 is 0 Å². The van der Waals surface area contributed by atoms with Crippen molar-refractivity contribution in [2.24, 2.45) is 0 Å². The summed E-state index contributed by atoms with van der Waals surface area (Å²) in [5.74, 6) is 1.29. The molecule has 6 heteroatoms. The Morgan fingerprint density at radius 2 is 2.00 bits per heavy atom. The van der Waals surface area contributed by atoms with E-state index in [0.29, 0.717) is 31.1 Å². The van der Waals surface area contributed by atoms with Gasteiger partial charge in [0.15, 0.2) is 6.61 Å². The maximum Gasteiger partial charge on any atom is 0.265 e. The second-order valence-corrected chi connectivity index (χ2v) is 7.03. The number of benzene rings is 2. The molecule has 2 aliphatic rings.